The first-order chi connectivity index (χ1) is 28.9. The largest absolute Gasteiger partial charge is 0.494 e. The van der Waals surface area contributed by atoms with E-state index in [1.807, 2.05) is 81.4 Å². The highest BCUT2D eigenvalue weighted by Crippen LogP contribution is 2.27. The Balaban J connectivity index is 0.000000202. The summed E-state index contributed by atoms with van der Waals surface area (Å²) >= 11 is 6.09. The van der Waals surface area contributed by atoms with Crippen molar-refractivity contribution >= 4 is 35.3 Å². The van der Waals surface area contributed by atoms with Crippen molar-refractivity contribution in [1.82, 2.24) is 25.3 Å². The number of benzene rings is 3. The molecule has 3 aromatic carbocycles. The predicted octanol–water partition coefficient (Wildman–Crippen LogP) is 7.21. The van der Waals surface area contributed by atoms with E-state index in [-0.39, 0.29) is 58.2 Å². The topological polar surface area (TPSA) is 215 Å². The molecule has 3 heterocycles. The van der Waals surface area contributed by atoms with Gasteiger partial charge in [-0.3, -0.25) is 4.79 Å². The Bertz CT molecular complexity index is 2500. The molecule has 320 valence electrons. The van der Waals surface area contributed by atoms with Gasteiger partial charge in [-0.2, -0.15) is 0 Å². The lowest BCUT2D eigenvalue weighted by Crippen LogP contribution is -2.47. The van der Waals surface area contributed by atoms with E-state index in [1.165, 1.54) is 6.92 Å². The number of aliphatic imine (C=N–C) groups is 1. The fourth-order valence-corrected chi connectivity index (χ4v) is 5.59. The fourth-order valence-electron chi connectivity index (χ4n) is 5.42. The van der Waals surface area contributed by atoms with Crippen LogP contribution in [0.4, 0.5) is 0 Å². The highest BCUT2D eigenvalue weighted by Gasteiger charge is 2.44. The highest BCUT2D eigenvalue weighted by atomic mass is 35.5. The van der Waals surface area contributed by atoms with Crippen molar-refractivity contribution in [3.63, 3.8) is 0 Å². The third kappa shape index (κ3) is 11.7. The Morgan fingerprint density at radius 2 is 1.11 bits per heavy atom. The van der Waals surface area contributed by atoms with Crippen LogP contribution in [0.25, 0.3) is 22.8 Å². The van der Waals surface area contributed by atoms with Crippen molar-refractivity contribution in [1.29, 1.82) is 0 Å². The van der Waals surface area contributed by atoms with Crippen LogP contribution in [0.15, 0.2) is 94.0 Å². The van der Waals surface area contributed by atoms with Gasteiger partial charge in [-0.1, -0.05) is 101 Å². The van der Waals surface area contributed by atoms with Crippen LogP contribution in [0, 0.1) is 34.6 Å². The van der Waals surface area contributed by atoms with E-state index in [4.69, 9.17) is 25.8 Å². The van der Waals surface area contributed by atoms with Gasteiger partial charge in [0.05, 0.1) is 25.4 Å². The quantitative estimate of drug-likeness (QED) is 0.0656. The van der Waals surface area contributed by atoms with Crippen LogP contribution < -0.4 is 10.9 Å². The van der Waals surface area contributed by atoms with Crippen molar-refractivity contribution in [3.05, 3.63) is 145 Å². The van der Waals surface area contributed by atoms with E-state index in [0.29, 0.717) is 29.4 Å². The molecule has 0 saturated carbocycles. The van der Waals surface area contributed by atoms with Gasteiger partial charge >= 0.3 is 17.9 Å². The zero-order chi connectivity index (χ0) is 45.0. The van der Waals surface area contributed by atoms with E-state index in [1.54, 1.807) is 46.8 Å². The monoisotopic (exact) mass is 852 g/mol. The van der Waals surface area contributed by atoms with E-state index < -0.39 is 23.6 Å². The molecule has 1 aliphatic heterocycles. The molecule has 1 unspecified atom stereocenters. The average molecular weight is 853 g/mol. The molecular weight excluding hydrogens is 804 g/mol. The maximum atomic E-state index is 12.0. The third-order valence-corrected chi connectivity index (χ3v) is 9.45. The first-order valence-corrected chi connectivity index (χ1v) is 19.7. The number of aromatic amines is 1. The van der Waals surface area contributed by atoms with Crippen molar-refractivity contribution in [3.8, 4) is 22.8 Å². The summed E-state index contributed by atoms with van der Waals surface area (Å²) < 4.78 is 14.7. The van der Waals surface area contributed by atoms with E-state index in [0.717, 1.165) is 27.8 Å². The number of hydrogen-bond donors (Lipinski definition) is 4. The van der Waals surface area contributed by atoms with Gasteiger partial charge in [-0.15, -0.1) is 0 Å². The number of aliphatic hydroxyl groups is 2. The summed E-state index contributed by atoms with van der Waals surface area (Å²) in [6, 6.07) is 22.5. The molecule has 16 heteroatoms. The number of aromatic nitrogens is 4. The zero-order valence-electron chi connectivity index (χ0n) is 35.5. The lowest BCUT2D eigenvalue weighted by atomic mass is 10.0. The van der Waals surface area contributed by atoms with Gasteiger partial charge in [-0.25, -0.2) is 34.3 Å². The van der Waals surface area contributed by atoms with Crippen LogP contribution in [0.1, 0.15) is 82.1 Å². The third-order valence-electron chi connectivity index (χ3n) is 9.08. The van der Waals surface area contributed by atoms with Crippen molar-refractivity contribution in [2.24, 2.45) is 4.99 Å². The molecule has 0 bridgehead atoms. The standard InChI is InChI=1S/C15H15ClN2O2.C15H18N2O4.C15H16N2O3/c1-4-20-15(19)12-10(3)13(16)18-14(17-12)11-7-5-9(2)6-8-11;1-4-21-14(19)15(20)10(3)13(18)16-12(17-15)11-7-5-9(2)6-8-11;1-4-20-15(19)12-10(3)14(18)17-13(16-12)11-7-5-9(2)6-8-11/h5-8H,4H2,1-3H3;5-8,18,20H,4H2,1-3H3,(H,16,17);5-8H,4H2,1-3H3,(H,16,17,18). The number of nitrogens with zero attached hydrogens (tertiary/aromatic N) is 4. The lowest BCUT2D eigenvalue weighted by Gasteiger charge is -2.29. The predicted molar refractivity (Wildman–Crippen MR) is 231 cm³/mol. The Labute approximate surface area is 358 Å². The fraction of sp³-hybridized carbons (Fsp3) is 0.289. The van der Waals surface area contributed by atoms with Crippen molar-refractivity contribution < 1.29 is 38.8 Å². The minimum absolute atomic E-state index is 0.00295. The number of aliphatic hydroxyl groups excluding tert-OH is 1. The van der Waals surface area contributed by atoms with Crippen LogP contribution >= 0.6 is 11.6 Å². The molecule has 0 saturated heterocycles. The van der Waals surface area contributed by atoms with Crippen LogP contribution in [0.2, 0.25) is 5.15 Å². The minimum Gasteiger partial charge on any atom is -0.494 e. The number of carbonyl (C=O) groups excluding carboxylic acids is 3. The number of aryl methyl sites for hydroxylation is 3. The second-order valence-corrected chi connectivity index (χ2v) is 14.0. The van der Waals surface area contributed by atoms with Gasteiger partial charge in [0.2, 0.25) is 0 Å². The normalized spacial score (nSPS) is 14.2. The van der Waals surface area contributed by atoms with E-state index >= 15 is 0 Å². The van der Waals surface area contributed by atoms with Gasteiger partial charge in [0.15, 0.2) is 23.1 Å². The van der Waals surface area contributed by atoms with Gasteiger partial charge in [0.25, 0.3) is 11.3 Å². The Morgan fingerprint density at radius 1 is 0.656 bits per heavy atom. The number of rotatable bonds is 9. The van der Waals surface area contributed by atoms with E-state index in [2.05, 4.69) is 30.2 Å². The summed E-state index contributed by atoms with van der Waals surface area (Å²) in [5.41, 5.74) is 4.01. The van der Waals surface area contributed by atoms with E-state index in [9.17, 15) is 29.4 Å². The number of nitrogens with one attached hydrogen (secondary N) is 2. The summed E-state index contributed by atoms with van der Waals surface area (Å²) in [5.74, 6) is -1.30. The number of hydrogen-bond acceptors (Lipinski definition) is 14. The van der Waals surface area contributed by atoms with Crippen LogP contribution in [0.5, 0.6) is 0 Å². The number of esters is 3. The molecule has 0 spiro atoms. The zero-order valence-corrected chi connectivity index (χ0v) is 36.2. The van der Waals surface area contributed by atoms with Gasteiger partial charge in [-0.05, 0) is 62.3 Å². The summed E-state index contributed by atoms with van der Waals surface area (Å²) in [7, 11) is 0. The summed E-state index contributed by atoms with van der Waals surface area (Å²) in [4.78, 5) is 67.0. The molecule has 0 aliphatic carbocycles. The maximum Gasteiger partial charge on any atom is 0.366 e. The number of H-pyrrole nitrogens is 1. The first-order valence-electron chi connectivity index (χ1n) is 19.3. The maximum absolute atomic E-state index is 12.0. The summed E-state index contributed by atoms with van der Waals surface area (Å²) in [6.07, 6.45) is 0. The number of carbonyl (C=O) groups is 3. The molecule has 15 nitrogen and oxygen atoms in total. The smallest absolute Gasteiger partial charge is 0.366 e. The second kappa shape index (κ2) is 21.0. The first kappa shape index (κ1) is 47.0. The second-order valence-electron chi connectivity index (χ2n) is 13.7. The summed E-state index contributed by atoms with van der Waals surface area (Å²) in [6.45, 7) is 16.3. The number of ether oxygens (including phenoxy) is 3. The average Bonchev–Trinajstić information content (AvgIpc) is 3.23. The lowest BCUT2D eigenvalue weighted by molar-refractivity contribution is -0.160. The minimum atomic E-state index is -2.22. The van der Waals surface area contributed by atoms with Gasteiger partial charge in [0.1, 0.15) is 16.8 Å². The SMILES string of the molecule is CCOC(=O)C1(O)N=C(c2ccc(C)cc2)NC(O)=C1C.CCOC(=O)c1nc(-c2ccc(C)cc2)[nH]c(=O)c1C.CCOC(=O)c1nc(-c2ccc(C)cc2)nc(Cl)c1C. The molecular formula is C45H49ClN6O9. The van der Waals surface area contributed by atoms with Gasteiger partial charge < -0.3 is 34.7 Å². The van der Waals surface area contributed by atoms with Crippen molar-refractivity contribution in [2.45, 2.75) is 68.0 Å². The molecule has 1 atom stereocenters. The molecule has 1 aliphatic rings. The number of amidine groups is 1. The highest BCUT2D eigenvalue weighted by molar-refractivity contribution is 6.30. The molecule has 0 fully saturated rings. The van der Waals surface area contributed by atoms with Crippen molar-refractivity contribution in [2.75, 3.05) is 19.8 Å². The van der Waals surface area contributed by atoms with Crippen LogP contribution in [-0.2, 0) is 19.0 Å². The number of halogens is 1. The molecule has 6 rings (SSSR count). The molecule has 0 amide bonds. The summed E-state index contributed by atoms with van der Waals surface area (Å²) in [5, 5.41) is 23.3. The molecule has 4 N–H and O–H groups in total. The molecule has 0 radical (unpaired) electrons. The Kier molecular flexibility index (Phi) is 16.2. The Morgan fingerprint density at radius 3 is 1.61 bits per heavy atom. The van der Waals surface area contributed by atoms with Gasteiger partial charge in [0, 0.05) is 27.8 Å². The Hall–Kier alpha value is -6.71. The van der Waals surface area contributed by atoms with Crippen LogP contribution in [-0.4, -0.2) is 79.4 Å². The van der Waals surface area contributed by atoms with Crippen LogP contribution in [0.3, 0.4) is 0 Å². The molecule has 2 aromatic heterocycles. The molecule has 61 heavy (non-hydrogen) atoms. The molecule has 5 aromatic rings.